The maximum absolute atomic E-state index is 12.8. The van der Waals surface area contributed by atoms with Crippen molar-refractivity contribution >= 4 is 13.6 Å². The molecule has 13 heavy (non-hydrogen) atoms. The van der Waals surface area contributed by atoms with Gasteiger partial charge in [-0.05, 0) is 18.2 Å². The summed E-state index contributed by atoms with van der Waals surface area (Å²) in [7, 11) is -2.10. The lowest BCUT2D eigenvalue weighted by atomic mass is 10.2. The number of rotatable bonds is 3. The molecule has 0 amide bonds. The highest BCUT2D eigenvalue weighted by Crippen LogP contribution is 2.17. The van der Waals surface area contributed by atoms with E-state index in [2.05, 4.69) is 4.65 Å². The van der Waals surface area contributed by atoms with Gasteiger partial charge in [0.1, 0.15) is 12.0 Å². The van der Waals surface area contributed by atoms with Crippen LogP contribution < -0.4 is 4.65 Å². The summed E-state index contributed by atoms with van der Waals surface area (Å²) >= 11 is 0. The van der Waals surface area contributed by atoms with Crippen LogP contribution in [-0.4, -0.2) is 23.7 Å². The van der Waals surface area contributed by atoms with Gasteiger partial charge in [0, 0.05) is 5.56 Å². The predicted molar refractivity (Wildman–Crippen MR) is 42.6 cm³/mol. The summed E-state index contributed by atoms with van der Waals surface area (Å²) in [5, 5.41) is 16.7. The summed E-state index contributed by atoms with van der Waals surface area (Å²) in [6.07, 6.45) is 0.496. The Morgan fingerprint density at radius 2 is 2.15 bits per heavy atom. The van der Waals surface area contributed by atoms with Gasteiger partial charge in [-0.1, -0.05) is 0 Å². The maximum atomic E-state index is 12.8. The van der Waals surface area contributed by atoms with Crippen LogP contribution >= 0.6 is 0 Å². The molecule has 1 rings (SSSR count). The van der Waals surface area contributed by atoms with Crippen molar-refractivity contribution in [3.05, 3.63) is 29.6 Å². The van der Waals surface area contributed by atoms with Crippen LogP contribution in [0.25, 0.3) is 0 Å². The topological polar surface area (TPSA) is 66.8 Å². The molecule has 0 aliphatic heterocycles. The Bertz CT molecular complexity index is 315. The van der Waals surface area contributed by atoms with Crippen molar-refractivity contribution in [3.63, 3.8) is 0 Å². The van der Waals surface area contributed by atoms with Crippen LogP contribution in [0.1, 0.15) is 10.4 Å². The number of benzene rings is 1. The smallest absolute Gasteiger partial charge is 0.510 e. The van der Waals surface area contributed by atoms with E-state index in [0.29, 0.717) is 6.29 Å². The number of carbonyl (C=O) groups is 1. The monoisotopic (exact) mass is 184 g/mol. The van der Waals surface area contributed by atoms with Crippen molar-refractivity contribution < 1.29 is 23.9 Å². The van der Waals surface area contributed by atoms with E-state index in [-0.39, 0.29) is 11.3 Å². The van der Waals surface area contributed by atoms with Crippen molar-refractivity contribution in [2.75, 3.05) is 0 Å². The summed E-state index contributed by atoms with van der Waals surface area (Å²) in [6.45, 7) is 0. The average Bonchev–Trinajstić information content (AvgIpc) is 2.08. The third-order valence-electron chi connectivity index (χ3n) is 1.32. The minimum atomic E-state index is -2.10. The number of hydrogen-bond donors (Lipinski definition) is 2. The Hall–Kier alpha value is -1.40. The first-order valence-corrected chi connectivity index (χ1v) is 3.41. The number of hydrogen-bond acceptors (Lipinski definition) is 4. The van der Waals surface area contributed by atoms with Crippen LogP contribution in [0.5, 0.6) is 5.75 Å². The van der Waals surface area contributed by atoms with E-state index in [0.717, 1.165) is 12.1 Å². The highest BCUT2D eigenvalue weighted by molar-refractivity contribution is 6.33. The zero-order chi connectivity index (χ0) is 9.84. The molecule has 1 aromatic carbocycles. The molecule has 0 atom stereocenters. The van der Waals surface area contributed by atoms with Gasteiger partial charge in [-0.3, -0.25) is 4.79 Å². The molecule has 0 fully saturated rings. The van der Waals surface area contributed by atoms with E-state index >= 15 is 0 Å². The summed E-state index contributed by atoms with van der Waals surface area (Å²) in [6, 6.07) is 3.32. The highest BCUT2D eigenvalue weighted by atomic mass is 19.1. The van der Waals surface area contributed by atoms with E-state index in [1.165, 1.54) is 6.07 Å². The van der Waals surface area contributed by atoms with Gasteiger partial charge < -0.3 is 14.7 Å². The lowest BCUT2D eigenvalue weighted by Crippen LogP contribution is -2.21. The number of halogens is 1. The normalized spacial score (nSPS) is 9.46. The van der Waals surface area contributed by atoms with E-state index in [1.54, 1.807) is 0 Å². The predicted octanol–water partition coefficient (Wildman–Crippen LogP) is -0.0135. The lowest BCUT2D eigenvalue weighted by molar-refractivity contribution is 0.112. The van der Waals surface area contributed by atoms with Gasteiger partial charge in [-0.2, -0.15) is 0 Å². The number of aldehydes is 1. The molecule has 2 N–H and O–H groups in total. The SMILES string of the molecule is O=Cc1ccc(F)c(OB(O)O)c1. The standard InChI is InChI=1S/C7H6BFO4/c9-6-2-1-5(4-10)3-7(6)13-8(11)12/h1-4,11-12H. The molecule has 0 bridgehead atoms. The molecular weight excluding hydrogens is 178 g/mol. The second-order valence-electron chi connectivity index (χ2n) is 2.25. The van der Waals surface area contributed by atoms with E-state index in [1.807, 2.05) is 0 Å². The quantitative estimate of drug-likeness (QED) is 0.511. The molecular formula is C7H6BFO4. The molecule has 0 heterocycles. The molecule has 4 nitrogen and oxygen atoms in total. The maximum Gasteiger partial charge on any atom is 0.707 e. The Balaban J connectivity index is 2.96. The Morgan fingerprint density at radius 3 is 2.69 bits per heavy atom. The van der Waals surface area contributed by atoms with Gasteiger partial charge in [-0.25, -0.2) is 4.39 Å². The van der Waals surface area contributed by atoms with Gasteiger partial charge in [0.05, 0.1) is 0 Å². The Kier molecular flexibility index (Phi) is 3.00. The molecule has 0 saturated carbocycles. The molecule has 0 unspecified atom stereocenters. The van der Waals surface area contributed by atoms with Crippen LogP contribution in [0, 0.1) is 5.82 Å². The zero-order valence-electron chi connectivity index (χ0n) is 6.48. The Morgan fingerprint density at radius 1 is 1.46 bits per heavy atom. The van der Waals surface area contributed by atoms with Crippen LogP contribution in [0.3, 0.4) is 0 Å². The fourth-order valence-corrected chi connectivity index (χ4v) is 0.797. The average molecular weight is 184 g/mol. The minimum Gasteiger partial charge on any atom is -0.510 e. The minimum absolute atomic E-state index is 0.192. The molecule has 0 spiro atoms. The van der Waals surface area contributed by atoms with E-state index < -0.39 is 13.1 Å². The van der Waals surface area contributed by atoms with Crippen LogP contribution in [0.2, 0.25) is 0 Å². The largest absolute Gasteiger partial charge is 0.707 e. The van der Waals surface area contributed by atoms with E-state index in [4.69, 9.17) is 10.0 Å². The summed E-state index contributed by atoms with van der Waals surface area (Å²) in [5.41, 5.74) is 0.192. The van der Waals surface area contributed by atoms with Crippen molar-refractivity contribution in [2.45, 2.75) is 0 Å². The molecule has 0 saturated heterocycles. The fourth-order valence-electron chi connectivity index (χ4n) is 0.797. The fraction of sp³-hybridized carbons (Fsp3) is 0. The molecule has 1 aromatic rings. The van der Waals surface area contributed by atoms with E-state index in [9.17, 15) is 9.18 Å². The molecule has 0 aliphatic rings. The van der Waals surface area contributed by atoms with Crippen molar-refractivity contribution in [2.24, 2.45) is 0 Å². The summed E-state index contributed by atoms with van der Waals surface area (Å²) in [4.78, 5) is 10.3. The first kappa shape index (κ1) is 9.69. The van der Waals surface area contributed by atoms with Crippen molar-refractivity contribution in [3.8, 4) is 5.75 Å². The van der Waals surface area contributed by atoms with Gasteiger partial charge in [-0.15, -0.1) is 0 Å². The first-order valence-electron chi connectivity index (χ1n) is 3.41. The molecule has 0 aromatic heterocycles. The van der Waals surface area contributed by atoms with Gasteiger partial charge in [0.25, 0.3) is 0 Å². The molecule has 0 aliphatic carbocycles. The molecule has 68 valence electrons. The second-order valence-corrected chi connectivity index (χ2v) is 2.25. The van der Waals surface area contributed by atoms with Gasteiger partial charge in [0.15, 0.2) is 5.82 Å². The Labute approximate surface area is 73.8 Å². The highest BCUT2D eigenvalue weighted by Gasteiger charge is 2.14. The third-order valence-corrected chi connectivity index (χ3v) is 1.32. The van der Waals surface area contributed by atoms with Crippen molar-refractivity contribution in [1.82, 2.24) is 0 Å². The van der Waals surface area contributed by atoms with Crippen LogP contribution in [-0.2, 0) is 0 Å². The van der Waals surface area contributed by atoms with Crippen LogP contribution in [0.15, 0.2) is 18.2 Å². The van der Waals surface area contributed by atoms with Gasteiger partial charge in [0.2, 0.25) is 0 Å². The van der Waals surface area contributed by atoms with Crippen LogP contribution in [0.4, 0.5) is 4.39 Å². The van der Waals surface area contributed by atoms with Gasteiger partial charge >= 0.3 is 7.32 Å². The molecule has 6 heteroatoms. The zero-order valence-corrected chi connectivity index (χ0v) is 6.48. The molecule has 0 radical (unpaired) electrons. The second kappa shape index (κ2) is 4.02. The third kappa shape index (κ3) is 2.53. The summed E-state index contributed by atoms with van der Waals surface area (Å²) < 4.78 is 17.1. The van der Waals surface area contributed by atoms with Crippen molar-refractivity contribution in [1.29, 1.82) is 0 Å². The summed E-state index contributed by atoms with van der Waals surface area (Å²) in [5.74, 6) is -1.14. The lowest BCUT2D eigenvalue weighted by Gasteiger charge is -2.05. The number of carbonyl (C=O) groups excluding carboxylic acids is 1. The first-order chi connectivity index (χ1) is 6.13.